The Morgan fingerprint density at radius 2 is 1.97 bits per heavy atom. The molecule has 4 aromatic rings. The summed E-state index contributed by atoms with van der Waals surface area (Å²) in [6.45, 7) is 6.22. The summed E-state index contributed by atoms with van der Waals surface area (Å²) in [5, 5.41) is 9.97. The van der Waals surface area contributed by atoms with E-state index >= 15 is 0 Å². The SMILES string of the molecule is CCCCc1ccc(-c2c(C)c(-c3nc(CC)no3)nn2-c2ccc(Cl)cc2Cl)s1. The Morgan fingerprint density at radius 1 is 1.13 bits per heavy atom. The van der Waals surface area contributed by atoms with Crippen molar-refractivity contribution in [2.75, 3.05) is 0 Å². The minimum Gasteiger partial charge on any atom is -0.332 e. The average molecular weight is 461 g/mol. The van der Waals surface area contributed by atoms with E-state index < -0.39 is 0 Å². The monoisotopic (exact) mass is 460 g/mol. The molecule has 0 unspecified atom stereocenters. The maximum absolute atomic E-state index is 6.54. The molecule has 30 heavy (non-hydrogen) atoms. The fourth-order valence-electron chi connectivity index (χ4n) is 3.30. The second-order valence-electron chi connectivity index (χ2n) is 7.07. The van der Waals surface area contributed by atoms with Crippen molar-refractivity contribution in [3.63, 3.8) is 0 Å². The van der Waals surface area contributed by atoms with Crippen LogP contribution in [-0.2, 0) is 12.8 Å². The first kappa shape index (κ1) is 21.1. The van der Waals surface area contributed by atoms with Crippen molar-refractivity contribution in [3.8, 4) is 27.8 Å². The molecule has 0 N–H and O–H groups in total. The second-order valence-corrected chi connectivity index (χ2v) is 9.08. The molecule has 0 amide bonds. The summed E-state index contributed by atoms with van der Waals surface area (Å²) in [5.74, 6) is 1.07. The molecule has 0 saturated carbocycles. The highest BCUT2D eigenvalue weighted by Gasteiger charge is 2.24. The first-order valence-electron chi connectivity index (χ1n) is 9.98. The molecule has 8 heteroatoms. The Kier molecular flexibility index (Phi) is 6.27. The van der Waals surface area contributed by atoms with E-state index in [1.807, 2.05) is 30.7 Å². The number of unbranched alkanes of at least 4 members (excludes halogenated alkanes) is 1. The van der Waals surface area contributed by atoms with Crippen LogP contribution in [-0.4, -0.2) is 19.9 Å². The third-order valence-electron chi connectivity index (χ3n) is 4.92. The first-order valence-corrected chi connectivity index (χ1v) is 11.6. The highest BCUT2D eigenvalue weighted by molar-refractivity contribution is 7.15. The molecule has 0 fully saturated rings. The fraction of sp³-hybridized carbons (Fsp3) is 0.318. The van der Waals surface area contributed by atoms with Gasteiger partial charge in [0.05, 0.1) is 21.3 Å². The number of halogens is 2. The number of benzene rings is 1. The van der Waals surface area contributed by atoms with Gasteiger partial charge < -0.3 is 4.52 Å². The lowest BCUT2D eigenvalue weighted by molar-refractivity contribution is 0.421. The van der Waals surface area contributed by atoms with Crippen LogP contribution in [0.2, 0.25) is 10.0 Å². The van der Waals surface area contributed by atoms with Crippen molar-refractivity contribution in [2.24, 2.45) is 0 Å². The van der Waals surface area contributed by atoms with Crippen LogP contribution in [0, 0.1) is 6.92 Å². The van der Waals surface area contributed by atoms with E-state index in [0.29, 0.717) is 33.9 Å². The van der Waals surface area contributed by atoms with Gasteiger partial charge in [0.15, 0.2) is 11.5 Å². The number of hydrogen-bond donors (Lipinski definition) is 0. The summed E-state index contributed by atoms with van der Waals surface area (Å²) >= 11 is 14.4. The van der Waals surface area contributed by atoms with E-state index in [1.54, 1.807) is 17.4 Å². The largest absolute Gasteiger partial charge is 0.332 e. The molecule has 0 aliphatic carbocycles. The zero-order chi connectivity index (χ0) is 21.3. The van der Waals surface area contributed by atoms with Gasteiger partial charge in [-0.05, 0) is 50.1 Å². The first-order chi connectivity index (χ1) is 14.5. The highest BCUT2D eigenvalue weighted by atomic mass is 35.5. The molecule has 3 aromatic heterocycles. The summed E-state index contributed by atoms with van der Waals surface area (Å²) in [6.07, 6.45) is 4.12. The van der Waals surface area contributed by atoms with Crippen LogP contribution in [0.25, 0.3) is 27.8 Å². The van der Waals surface area contributed by atoms with E-state index in [4.69, 9.17) is 32.8 Å². The van der Waals surface area contributed by atoms with Crippen molar-refractivity contribution >= 4 is 34.5 Å². The van der Waals surface area contributed by atoms with Gasteiger partial charge in [0, 0.05) is 21.9 Å². The zero-order valence-corrected chi connectivity index (χ0v) is 19.4. The summed E-state index contributed by atoms with van der Waals surface area (Å²) < 4.78 is 7.34. The molecular weight excluding hydrogens is 439 g/mol. The van der Waals surface area contributed by atoms with Crippen molar-refractivity contribution in [1.82, 2.24) is 19.9 Å². The summed E-state index contributed by atoms with van der Waals surface area (Å²) in [7, 11) is 0. The molecule has 0 saturated heterocycles. The Labute approximate surface area is 189 Å². The van der Waals surface area contributed by atoms with E-state index in [9.17, 15) is 0 Å². The smallest absolute Gasteiger partial charge is 0.278 e. The molecule has 0 bridgehead atoms. The van der Waals surface area contributed by atoms with Crippen molar-refractivity contribution in [1.29, 1.82) is 0 Å². The van der Waals surface area contributed by atoms with Crippen molar-refractivity contribution < 1.29 is 4.52 Å². The van der Waals surface area contributed by atoms with Crippen LogP contribution in [0.1, 0.15) is 43.0 Å². The number of hydrogen-bond acceptors (Lipinski definition) is 5. The van der Waals surface area contributed by atoms with E-state index in [1.165, 1.54) is 17.7 Å². The van der Waals surface area contributed by atoms with Crippen molar-refractivity contribution in [3.05, 3.63) is 56.6 Å². The molecule has 0 atom stereocenters. The fourth-order valence-corrected chi connectivity index (χ4v) is 4.93. The van der Waals surface area contributed by atoms with Gasteiger partial charge in [-0.15, -0.1) is 11.3 Å². The van der Waals surface area contributed by atoms with Crippen LogP contribution in [0.3, 0.4) is 0 Å². The van der Waals surface area contributed by atoms with Crippen LogP contribution >= 0.6 is 34.5 Å². The van der Waals surface area contributed by atoms with Crippen molar-refractivity contribution in [2.45, 2.75) is 46.5 Å². The normalized spacial score (nSPS) is 11.4. The van der Waals surface area contributed by atoms with Gasteiger partial charge >= 0.3 is 0 Å². The average Bonchev–Trinajstić information content (AvgIpc) is 3.45. The number of thiophene rings is 1. The lowest BCUT2D eigenvalue weighted by Crippen LogP contribution is -2.00. The van der Waals surface area contributed by atoms with Crippen LogP contribution < -0.4 is 0 Å². The molecule has 1 aromatic carbocycles. The minimum atomic E-state index is 0.414. The Morgan fingerprint density at radius 3 is 2.67 bits per heavy atom. The molecule has 0 aliphatic rings. The Bertz CT molecular complexity index is 1180. The van der Waals surface area contributed by atoms with Gasteiger partial charge in [-0.1, -0.05) is 48.6 Å². The predicted molar refractivity (Wildman–Crippen MR) is 123 cm³/mol. The predicted octanol–water partition coefficient (Wildman–Crippen LogP) is 7.17. The molecule has 0 spiro atoms. The number of aromatic nitrogens is 4. The molecule has 0 radical (unpaired) electrons. The molecule has 5 nitrogen and oxygen atoms in total. The molecule has 4 rings (SSSR count). The summed E-state index contributed by atoms with van der Waals surface area (Å²) in [4.78, 5) is 6.96. The summed E-state index contributed by atoms with van der Waals surface area (Å²) in [6, 6.07) is 9.75. The van der Waals surface area contributed by atoms with Gasteiger partial charge in [-0.3, -0.25) is 0 Å². The van der Waals surface area contributed by atoms with E-state index in [-0.39, 0.29) is 0 Å². The lowest BCUT2D eigenvalue weighted by atomic mass is 10.1. The number of aryl methyl sites for hydroxylation is 2. The molecule has 3 heterocycles. The quantitative estimate of drug-likeness (QED) is 0.293. The number of nitrogens with zero attached hydrogens (tertiary/aromatic N) is 4. The van der Waals surface area contributed by atoms with Crippen LogP contribution in [0.5, 0.6) is 0 Å². The van der Waals surface area contributed by atoms with Crippen LogP contribution in [0.15, 0.2) is 34.9 Å². The lowest BCUT2D eigenvalue weighted by Gasteiger charge is -2.09. The maximum atomic E-state index is 6.54. The van der Waals surface area contributed by atoms with E-state index in [2.05, 4.69) is 29.2 Å². The van der Waals surface area contributed by atoms with Gasteiger partial charge in [0.1, 0.15) is 0 Å². The molecule has 156 valence electrons. The van der Waals surface area contributed by atoms with Gasteiger partial charge in [0.2, 0.25) is 0 Å². The van der Waals surface area contributed by atoms with Gasteiger partial charge in [0.25, 0.3) is 5.89 Å². The molecular formula is C22H22Cl2N4OS. The van der Waals surface area contributed by atoms with Crippen LogP contribution in [0.4, 0.5) is 0 Å². The summed E-state index contributed by atoms with van der Waals surface area (Å²) in [5.41, 5.74) is 3.35. The number of rotatable bonds is 7. The third-order valence-corrected chi connectivity index (χ3v) is 6.61. The second kappa shape index (κ2) is 8.92. The third kappa shape index (κ3) is 4.04. The topological polar surface area (TPSA) is 56.7 Å². The minimum absolute atomic E-state index is 0.414. The Balaban J connectivity index is 1.89. The Hall–Kier alpha value is -2.15. The van der Waals surface area contributed by atoms with Gasteiger partial charge in [-0.2, -0.15) is 10.1 Å². The van der Waals surface area contributed by atoms with Gasteiger partial charge in [-0.25, -0.2) is 4.68 Å². The zero-order valence-electron chi connectivity index (χ0n) is 17.1. The highest BCUT2D eigenvalue weighted by Crippen LogP contribution is 2.38. The maximum Gasteiger partial charge on any atom is 0.278 e. The standard InChI is InChI=1S/C22H22Cl2N4OS/c1-4-6-7-15-9-11-18(30-15)21-13(3)20(22-25-19(5-2)27-29-22)26-28(21)17-10-8-14(23)12-16(17)24/h8-12H,4-7H2,1-3H3. The molecule has 0 aliphatic heterocycles. The van der Waals surface area contributed by atoms with E-state index in [0.717, 1.165) is 28.2 Å².